The Bertz CT molecular complexity index is 783. The van der Waals surface area contributed by atoms with Gasteiger partial charge in [-0.15, -0.1) is 0 Å². The van der Waals surface area contributed by atoms with Gasteiger partial charge in [0.25, 0.3) is 0 Å². The Labute approximate surface area is 127 Å². The van der Waals surface area contributed by atoms with Crippen LogP contribution >= 0.6 is 11.6 Å². The van der Waals surface area contributed by atoms with E-state index in [2.05, 4.69) is 10.3 Å². The predicted molar refractivity (Wildman–Crippen MR) is 84.1 cm³/mol. The van der Waals surface area contributed by atoms with E-state index in [4.69, 9.17) is 11.6 Å². The third-order valence-electron chi connectivity index (χ3n) is 3.53. The van der Waals surface area contributed by atoms with Gasteiger partial charge in [0.05, 0.1) is 11.6 Å². The molecule has 0 radical (unpaired) electrons. The maximum absolute atomic E-state index is 13.6. The molecule has 0 fully saturated rings. The molecule has 1 heterocycles. The molecular weight excluding hydrogens is 287 g/mol. The molecule has 106 valence electrons. The minimum Gasteiger partial charge on any atom is -0.309 e. The van der Waals surface area contributed by atoms with Crippen LogP contribution in [0.3, 0.4) is 0 Å². The Morgan fingerprint density at radius 2 is 1.90 bits per heavy atom. The fraction of sp³-hybridized carbons (Fsp3) is 0.118. The Hall–Kier alpha value is -1.97. The van der Waals surface area contributed by atoms with Gasteiger partial charge < -0.3 is 5.32 Å². The van der Waals surface area contributed by atoms with Gasteiger partial charge in [-0.2, -0.15) is 0 Å². The standard InChI is InChI=1S/C17H14ClFN2/c1-20-17(14-10-12(19)7-8-15(14)18)13-6-2-4-11-5-3-9-21-16(11)13/h2-10,17,20H,1H3. The number of benzene rings is 2. The average Bonchev–Trinajstić information content (AvgIpc) is 2.51. The molecule has 3 rings (SSSR count). The van der Waals surface area contributed by atoms with Gasteiger partial charge in [0.15, 0.2) is 0 Å². The zero-order valence-corrected chi connectivity index (χ0v) is 12.2. The molecule has 0 aliphatic carbocycles. The molecule has 0 aliphatic heterocycles. The highest BCUT2D eigenvalue weighted by molar-refractivity contribution is 6.31. The largest absolute Gasteiger partial charge is 0.309 e. The van der Waals surface area contributed by atoms with E-state index in [-0.39, 0.29) is 11.9 Å². The average molecular weight is 301 g/mol. The molecule has 0 saturated heterocycles. The van der Waals surface area contributed by atoms with Gasteiger partial charge in [0.2, 0.25) is 0 Å². The third kappa shape index (κ3) is 2.62. The Morgan fingerprint density at radius 3 is 2.71 bits per heavy atom. The summed E-state index contributed by atoms with van der Waals surface area (Å²) in [6.45, 7) is 0. The van der Waals surface area contributed by atoms with Crippen LogP contribution in [-0.2, 0) is 0 Å². The van der Waals surface area contributed by atoms with Crippen LogP contribution in [0.4, 0.5) is 4.39 Å². The molecule has 21 heavy (non-hydrogen) atoms. The number of nitrogens with zero attached hydrogens (tertiary/aromatic N) is 1. The monoisotopic (exact) mass is 300 g/mol. The Morgan fingerprint density at radius 1 is 1.10 bits per heavy atom. The molecule has 0 amide bonds. The molecule has 0 saturated carbocycles. The molecule has 0 bridgehead atoms. The summed E-state index contributed by atoms with van der Waals surface area (Å²) >= 11 is 6.24. The van der Waals surface area contributed by atoms with Crippen LogP contribution in [0.1, 0.15) is 17.2 Å². The first-order chi connectivity index (χ1) is 10.2. The maximum atomic E-state index is 13.6. The van der Waals surface area contributed by atoms with Crippen LogP contribution in [0, 0.1) is 5.82 Å². The molecule has 1 aromatic heterocycles. The highest BCUT2D eigenvalue weighted by Gasteiger charge is 2.18. The summed E-state index contributed by atoms with van der Waals surface area (Å²) in [7, 11) is 1.83. The maximum Gasteiger partial charge on any atom is 0.123 e. The summed E-state index contributed by atoms with van der Waals surface area (Å²) in [6.07, 6.45) is 1.76. The van der Waals surface area contributed by atoms with Gasteiger partial charge >= 0.3 is 0 Å². The summed E-state index contributed by atoms with van der Waals surface area (Å²) in [6, 6.07) is 14.0. The summed E-state index contributed by atoms with van der Waals surface area (Å²) in [5.41, 5.74) is 2.57. The lowest BCUT2D eigenvalue weighted by molar-refractivity contribution is 0.617. The van der Waals surface area contributed by atoms with Gasteiger partial charge in [0.1, 0.15) is 5.82 Å². The van der Waals surface area contributed by atoms with Gasteiger partial charge in [0, 0.05) is 16.6 Å². The molecule has 0 spiro atoms. The van der Waals surface area contributed by atoms with Crippen LogP contribution in [0.15, 0.2) is 54.7 Å². The normalized spacial score (nSPS) is 12.5. The van der Waals surface area contributed by atoms with Crippen molar-refractivity contribution in [3.63, 3.8) is 0 Å². The van der Waals surface area contributed by atoms with E-state index >= 15 is 0 Å². The van der Waals surface area contributed by atoms with Crippen molar-refractivity contribution in [2.45, 2.75) is 6.04 Å². The predicted octanol–water partition coefficient (Wildman–Crippen LogP) is 4.34. The number of rotatable bonds is 3. The number of hydrogen-bond acceptors (Lipinski definition) is 2. The van der Waals surface area contributed by atoms with Crippen LogP contribution < -0.4 is 5.32 Å². The van der Waals surface area contributed by atoms with Gasteiger partial charge in [-0.05, 0) is 42.4 Å². The van der Waals surface area contributed by atoms with Crippen molar-refractivity contribution >= 4 is 22.5 Å². The number of halogens is 2. The molecule has 2 aromatic carbocycles. The van der Waals surface area contributed by atoms with E-state index in [0.717, 1.165) is 16.5 Å². The zero-order valence-electron chi connectivity index (χ0n) is 11.5. The molecule has 0 aliphatic rings. The first kappa shape index (κ1) is 14.0. The van der Waals surface area contributed by atoms with Crippen molar-refractivity contribution in [1.29, 1.82) is 0 Å². The summed E-state index contributed by atoms with van der Waals surface area (Å²) in [4.78, 5) is 4.45. The lowest BCUT2D eigenvalue weighted by atomic mass is 9.96. The minimum absolute atomic E-state index is 0.216. The Balaban J connectivity index is 2.21. The molecular formula is C17H14ClFN2. The van der Waals surface area contributed by atoms with E-state index in [1.807, 2.05) is 37.4 Å². The van der Waals surface area contributed by atoms with Crippen LogP contribution in [0.2, 0.25) is 5.02 Å². The second-order valence-electron chi connectivity index (χ2n) is 4.81. The van der Waals surface area contributed by atoms with Crippen molar-refractivity contribution in [2.24, 2.45) is 0 Å². The van der Waals surface area contributed by atoms with E-state index < -0.39 is 0 Å². The SMILES string of the molecule is CNC(c1cc(F)ccc1Cl)c1cccc2cccnc12. The van der Waals surface area contributed by atoms with Crippen molar-refractivity contribution in [2.75, 3.05) is 7.05 Å². The van der Waals surface area contributed by atoms with Crippen LogP contribution in [0.5, 0.6) is 0 Å². The molecule has 3 aromatic rings. The second-order valence-corrected chi connectivity index (χ2v) is 5.22. The first-order valence-electron chi connectivity index (χ1n) is 6.66. The number of hydrogen-bond donors (Lipinski definition) is 1. The number of nitrogens with one attached hydrogen (secondary N) is 1. The molecule has 1 atom stereocenters. The molecule has 1 unspecified atom stereocenters. The number of pyridine rings is 1. The molecule has 4 heteroatoms. The van der Waals surface area contributed by atoms with E-state index in [1.165, 1.54) is 12.1 Å². The third-order valence-corrected chi connectivity index (χ3v) is 3.88. The van der Waals surface area contributed by atoms with Gasteiger partial charge in [-0.25, -0.2) is 4.39 Å². The fourth-order valence-corrected chi connectivity index (χ4v) is 2.80. The van der Waals surface area contributed by atoms with Crippen LogP contribution in [0.25, 0.3) is 10.9 Å². The van der Waals surface area contributed by atoms with E-state index in [9.17, 15) is 4.39 Å². The zero-order chi connectivity index (χ0) is 14.8. The lowest BCUT2D eigenvalue weighted by Crippen LogP contribution is -2.19. The smallest absolute Gasteiger partial charge is 0.123 e. The molecule has 2 nitrogen and oxygen atoms in total. The number of para-hydroxylation sites is 1. The van der Waals surface area contributed by atoms with Crippen molar-refractivity contribution in [1.82, 2.24) is 10.3 Å². The van der Waals surface area contributed by atoms with E-state index in [1.54, 1.807) is 12.3 Å². The minimum atomic E-state index is -0.303. The van der Waals surface area contributed by atoms with Crippen molar-refractivity contribution in [3.05, 3.63) is 76.7 Å². The van der Waals surface area contributed by atoms with Crippen molar-refractivity contribution in [3.8, 4) is 0 Å². The Kier molecular flexibility index (Phi) is 3.86. The fourth-order valence-electron chi connectivity index (χ4n) is 2.58. The van der Waals surface area contributed by atoms with Crippen LogP contribution in [-0.4, -0.2) is 12.0 Å². The highest BCUT2D eigenvalue weighted by Crippen LogP contribution is 2.32. The quantitative estimate of drug-likeness (QED) is 0.778. The molecule has 1 N–H and O–H groups in total. The summed E-state index contributed by atoms with van der Waals surface area (Å²) < 4.78 is 13.6. The summed E-state index contributed by atoms with van der Waals surface area (Å²) in [5.74, 6) is -0.303. The van der Waals surface area contributed by atoms with E-state index in [0.29, 0.717) is 10.6 Å². The number of aromatic nitrogens is 1. The van der Waals surface area contributed by atoms with Crippen molar-refractivity contribution < 1.29 is 4.39 Å². The first-order valence-corrected chi connectivity index (χ1v) is 7.04. The van der Waals surface area contributed by atoms with Gasteiger partial charge in [-0.1, -0.05) is 35.9 Å². The highest BCUT2D eigenvalue weighted by atomic mass is 35.5. The lowest BCUT2D eigenvalue weighted by Gasteiger charge is -2.20. The summed E-state index contributed by atoms with van der Waals surface area (Å²) in [5, 5.41) is 4.78. The second kappa shape index (κ2) is 5.80. The number of fused-ring (bicyclic) bond motifs is 1. The topological polar surface area (TPSA) is 24.9 Å². The van der Waals surface area contributed by atoms with Gasteiger partial charge in [-0.3, -0.25) is 4.98 Å².